The molecular formula is C19H16Cl2N2O2S. The van der Waals surface area contributed by atoms with Gasteiger partial charge in [-0.3, -0.25) is 4.72 Å². The third-order valence-corrected chi connectivity index (χ3v) is 6.05. The Hall–Kier alpha value is -2.08. The molecule has 1 aromatic heterocycles. The first-order valence-corrected chi connectivity index (χ1v) is 10.0. The molecule has 2 aromatic carbocycles. The molecule has 0 fully saturated rings. The zero-order valence-corrected chi connectivity index (χ0v) is 16.5. The summed E-state index contributed by atoms with van der Waals surface area (Å²) in [5, 5.41) is 0.891. The van der Waals surface area contributed by atoms with Crippen molar-refractivity contribution in [3.63, 3.8) is 0 Å². The molecule has 0 saturated carbocycles. The quantitative estimate of drug-likeness (QED) is 0.624. The number of rotatable bonds is 4. The molecule has 1 N–H and O–H groups in total. The smallest absolute Gasteiger partial charge is 0.263 e. The fraction of sp³-hybridized carbons (Fsp3) is 0.105. The number of aryl methyl sites for hydroxylation is 2. The molecule has 0 aliphatic carbocycles. The molecule has 26 heavy (non-hydrogen) atoms. The molecular weight excluding hydrogens is 391 g/mol. The van der Waals surface area contributed by atoms with Gasteiger partial charge in [0, 0.05) is 11.3 Å². The van der Waals surface area contributed by atoms with Gasteiger partial charge >= 0.3 is 0 Å². The molecule has 3 aromatic rings. The van der Waals surface area contributed by atoms with Gasteiger partial charge < -0.3 is 0 Å². The predicted octanol–water partition coefficient (Wildman–Crippen LogP) is 5.47. The van der Waals surface area contributed by atoms with E-state index in [1.165, 1.54) is 6.07 Å². The van der Waals surface area contributed by atoms with E-state index in [-0.39, 0.29) is 10.7 Å². The van der Waals surface area contributed by atoms with Crippen molar-refractivity contribution >= 4 is 39.0 Å². The van der Waals surface area contributed by atoms with Crippen LogP contribution in [-0.4, -0.2) is 13.4 Å². The van der Waals surface area contributed by atoms with Crippen LogP contribution in [0.1, 0.15) is 11.3 Å². The highest BCUT2D eigenvalue weighted by Crippen LogP contribution is 2.35. The first kappa shape index (κ1) is 18.7. The Morgan fingerprint density at radius 3 is 2.35 bits per heavy atom. The number of benzene rings is 2. The number of hydrogen-bond acceptors (Lipinski definition) is 3. The van der Waals surface area contributed by atoms with Crippen LogP contribution in [0.3, 0.4) is 0 Å². The van der Waals surface area contributed by atoms with Crippen molar-refractivity contribution < 1.29 is 8.42 Å². The first-order chi connectivity index (χ1) is 12.3. The van der Waals surface area contributed by atoms with Crippen LogP contribution in [0, 0.1) is 13.8 Å². The minimum Gasteiger partial charge on any atom is -0.263 e. The topological polar surface area (TPSA) is 59.1 Å². The Morgan fingerprint density at radius 1 is 0.923 bits per heavy atom. The third-order valence-electron chi connectivity index (χ3n) is 3.88. The zero-order valence-electron chi connectivity index (χ0n) is 14.1. The lowest BCUT2D eigenvalue weighted by Crippen LogP contribution is -2.14. The molecule has 0 bridgehead atoms. The highest BCUT2D eigenvalue weighted by molar-refractivity contribution is 7.92. The van der Waals surface area contributed by atoms with Crippen LogP contribution in [0.25, 0.3) is 11.1 Å². The first-order valence-electron chi connectivity index (χ1n) is 7.79. The standard InChI is InChI=1S/C19H16Cl2N2O2S/c1-12-11-14(26(24,25)23-18-8-3-5-13(2)22-18)9-10-15(12)16-6-4-7-17(20)19(16)21/h3-11H,1-2H3,(H,22,23). The Kier molecular flexibility index (Phi) is 5.23. The van der Waals surface area contributed by atoms with Crippen molar-refractivity contribution in [2.75, 3.05) is 4.72 Å². The number of nitrogens with one attached hydrogen (secondary N) is 1. The summed E-state index contributed by atoms with van der Waals surface area (Å²) in [6, 6.07) is 15.4. The van der Waals surface area contributed by atoms with Gasteiger partial charge in [-0.05, 0) is 55.3 Å². The fourth-order valence-corrected chi connectivity index (χ4v) is 4.10. The van der Waals surface area contributed by atoms with Crippen molar-refractivity contribution in [3.8, 4) is 11.1 Å². The van der Waals surface area contributed by atoms with Gasteiger partial charge in [-0.15, -0.1) is 0 Å². The maximum absolute atomic E-state index is 12.6. The van der Waals surface area contributed by atoms with Crippen LogP contribution in [0.4, 0.5) is 5.82 Å². The molecule has 0 amide bonds. The van der Waals surface area contributed by atoms with Crippen molar-refractivity contribution in [2.45, 2.75) is 18.7 Å². The summed E-state index contributed by atoms with van der Waals surface area (Å²) in [4.78, 5) is 4.32. The van der Waals surface area contributed by atoms with Gasteiger partial charge in [-0.25, -0.2) is 13.4 Å². The van der Waals surface area contributed by atoms with Crippen LogP contribution in [0.15, 0.2) is 59.5 Å². The number of sulfonamides is 1. The summed E-state index contributed by atoms with van der Waals surface area (Å²) in [7, 11) is -3.74. The summed E-state index contributed by atoms with van der Waals surface area (Å²) in [5.41, 5.74) is 3.08. The van der Waals surface area contributed by atoms with E-state index in [0.29, 0.717) is 10.0 Å². The van der Waals surface area contributed by atoms with Gasteiger partial charge in [0.15, 0.2) is 0 Å². The summed E-state index contributed by atoms with van der Waals surface area (Å²) in [5.74, 6) is 0.282. The van der Waals surface area contributed by atoms with Crippen LogP contribution < -0.4 is 4.72 Å². The Morgan fingerprint density at radius 2 is 1.65 bits per heavy atom. The Bertz CT molecular complexity index is 1080. The summed E-state index contributed by atoms with van der Waals surface area (Å²) in [6.45, 7) is 3.63. The van der Waals surface area contributed by atoms with E-state index in [1.54, 1.807) is 49.4 Å². The average Bonchev–Trinajstić information content (AvgIpc) is 2.57. The van der Waals surface area contributed by atoms with Crippen LogP contribution in [0.5, 0.6) is 0 Å². The fourth-order valence-electron chi connectivity index (χ4n) is 2.61. The molecule has 4 nitrogen and oxygen atoms in total. The molecule has 7 heteroatoms. The predicted molar refractivity (Wildman–Crippen MR) is 106 cm³/mol. The molecule has 134 valence electrons. The van der Waals surface area contributed by atoms with E-state index in [9.17, 15) is 8.42 Å². The number of anilines is 1. The van der Waals surface area contributed by atoms with Crippen molar-refractivity contribution in [3.05, 3.63) is 75.9 Å². The van der Waals surface area contributed by atoms with E-state index >= 15 is 0 Å². The second-order valence-corrected chi connectivity index (χ2v) is 8.32. The molecule has 0 aliphatic rings. The number of hydrogen-bond donors (Lipinski definition) is 1. The maximum Gasteiger partial charge on any atom is 0.263 e. The zero-order chi connectivity index (χ0) is 18.9. The minimum atomic E-state index is -3.74. The van der Waals surface area contributed by atoms with Gasteiger partial charge in [-0.1, -0.05) is 47.5 Å². The number of halogens is 2. The second kappa shape index (κ2) is 7.27. The van der Waals surface area contributed by atoms with E-state index in [0.717, 1.165) is 22.4 Å². The van der Waals surface area contributed by atoms with E-state index in [1.807, 2.05) is 13.0 Å². The maximum atomic E-state index is 12.6. The third kappa shape index (κ3) is 3.85. The van der Waals surface area contributed by atoms with Crippen LogP contribution in [-0.2, 0) is 10.0 Å². The summed E-state index contributed by atoms with van der Waals surface area (Å²) >= 11 is 12.4. The van der Waals surface area contributed by atoms with Gasteiger partial charge in [0.05, 0.1) is 14.9 Å². The SMILES string of the molecule is Cc1cccc(NS(=O)(=O)c2ccc(-c3cccc(Cl)c3Cl)c(C)c2)n1. The molecule has 0 atom stereocenters. The van der Waals surface area contributed by atoms with E-state index in [2.05, 4.69) is 9.71 Å². The lowest BCUT2D eigenvalue weighted by Gasteiger charge is -2.12. The second-order valence-electron chi connectivity index (χ2n) is 5.85. The van der Waals surface area contributed by atoms with Crippen LogP contribution >= 0.6 is 23.2 Å². The van der Waals surface area contributed by atoms with Crippen molar-refractivity contribution in [1.29, 1.82) is 0 Å². The average molecular weight is 407 g/mol. The minimum absolute atomic E-state index is 0.153. The van der Waals surface area contributed by atoms with Crippen molar-refractivity contribution in [1.82, 2.24) is 4.98 Å². The normalized spacial score (nSPS) is 11.4. The molecule has 0 spiro atoms. The molecule has 3 rings (SSSR count). The van der Waals surface area contributed by atoms with Gasteiger partial charge in [0.2, 0.25) is 0 Å². The largest absolute Gasteiger partial charge is 0.263 e. The summed E-state index contributed by atoms with van der Waals surface area (Å²) in [6.07, 6.45) is 0. The van der Waals surface area contributed by atoms with Crippen molar-refractivity contribution in [2.24, 2.45) is 0 Å². The summed E-state index contributed by atoms with van der Waals surface area (Å²) < 4.78 is 27.8. The number of nitrogens with zero attached hydrogens (tertiary/aromatic N) is 1. The highest BCUT2D eigenvalue weighted by Gasteiger charge is 2.17. The molecule has 0 aliphatic heterocycles. The molecule has 0 saturated heterocycles. The van der Waals surface area contributed by atoms with Crippen LogP contribution in [0.2, 0.25) is 10.0 Å². The molecule has 1 heterocycles. The highest BCUT2D eigenvalue weighted by atomic mass is 35.5. The van der Waals surface area contributed by atoms with E-state index in [4.69, 9.17) is 23.2 Å². The van der Waals surface area contributed by atoms with Gasteiger partial charge in [-0.2, -0.15) is 0 Å². The lowest BCUT2D eigenvalue weighted by atomic mass is 10.0. The molecule has 0 radical (unpaired) electrons. The van der Waals surface area contributed by atoms with Gasteiger partial charge in [0.1, 0.15) is 5.82 Å². The Labute approximate surface area is 162 Å². The lowest BCUT2D eigenvalue weighted by molar-refractivity contribution is 0.601. The van der Waals surface area contributed by atoms with E-state index < -0.39 is 10.0 Å². The monoisotopic (exact) mass is 406 g/mol. The molecule has 0 unspecified atom stereocenters. The number of pyridine rings is 1. The van der Waals surface area contributed by atoms with Gasteiger partial charge in [0.25, 0.3) is 10.0 Å². The number of aromatic nitrogens is 1. The Balaban J connectivity index is 1.97.